The molecule has 0 saturated carbocycles. The molecule has 0 N–H and O–H groups in total. The highest BCUT2D eigenvalue weighted by Gasteiger charge is 2.06. The van der Waals surface area contributed by atoms with Gasteiger partial charge in [0.2, 0.25) is 0 Å². The molecule has 2 aromatic carbocycles. The van der Waals surface area contributed by atoms with Crippen LogP contribution in [0.25, 0.3) is 11.3 Å². The fourth-order valence-electron chi connectivity index (χ4n) is 2.14. The largest absolute Gasteiger partial charge is 0.268 e. The third-order valence-electron chi connectivity index (χ3n) is 3.25. The minimum Gasteiger partial charge on any atom is -0.268 e. The van der Waals surface area contributed by atoms with Gasteiger partial charge in [-0.25, -0.2) is 13.5 Å². The summed E-state index contributed by atoms with van der Waals surface area (Å²) in [4.78, 5) is 11.9. The van der Waals surface area contributed by atoms with E-state index in [0.717, 1.165) is 17.7 Å². The van der Waals surface area contributed by atoms with Crippen LogP contribution in [-0.2, 0) is 6.54 Å². The first-order chi connectivity index (χ1) is 10.6. The minimum absolute atomic E-state index is 0.0801. The van der Waals surface area contributed by atoms with E-state index < -0.39 is 11.6 Å². The maximum Gasteiger partial charge on any atom is 0.267 e. The molecule has 1 aromatic heterocycles. The minimum atomic E-state index is -0.940. The molecule has 0 radical (unpaired) electrons. The van der Waals surface area contributed by atoms with Gasteiger partial charge >= 0.3 is 0 Å². The highest BCUT2D eigenvalue weighted by atomic mass is 19.2. The van der Waals surface area contributed by atoms with Crippen molar-refractivity contribution in [3.63, 3.8) is 0 Å². The van der Waals surface area contributed by atoms with Crippen molar-refractivity contribution in [3.8, 4) is 11.3 Å². The zero-order valence-electron chi connectivity index (χ0n) is 11.5. The monoisotopic (exact) mass is 298 g/mol. The van der Waals surface area contributed by atoms with Gasteiger partial charge in [0.05, 0.1) is 12.2 Å². The van der Waals surface area contributed by atoms with Crippen molar-refractivity contribution in [3.05, 3.63) is 88.2 Å². The first kappa shape index (κ1) is 14.1. The van der Waals surface area contributed by atoms with Crippen LogP contribution in [0.15, 0.2) is 65.5 Å². The Hall–Kier alpha value is -2.82. The van der Waals surface area contributed by atoms with Gasteiger partial charge in [0, 0.05) is 11.6 Å². The van der Waals surface area contributed by atoms with Gasteiger partial charge < -0.3 is 0 Å². The number of aromatic nitrogens is 2. The molecule has 0 fully saturated rings. The van der Waals surface area contributed by atoms with Crippen LogP contribution in [-0.4, -0.2) is 9.78 Å². The number of halogens is 2. The van der Waals surface area contributed by atoms with Crippen LogP contribution >= 0.6 is 0 Å². The second kappa shape index (κ2) is 5.89. The van der Waals surface area contributed by atoms with E-state index in [1.165, 1.54) is 16.8 Å². The van der Waals surface area contributed by atoms with E-state index in [4.69, 9.17) is 0 Å². The number of rotatable bonds is 3. The number of hydrogen-bond acceptors (Lipinski definition) is 2. The highest BCUT2D eigenvalue weighted by Crippen LogP contribution is 2.15. The first-order valence-corrected chi connectivity index (χ1v) is 6.71. The van der Waals surface area contributed by atoms with E-state index in [0.29, 0.717) is 11.3 Å². The van der Waals surface area contributed by atoms with Gasteiger partial charge in [-0.05, 0) is 23.8 Å². The van der Waals surface area contributed by atoms with Crippen LogP contribution in [0.2, 0.25) is 0 Å². The van der Waals surface area contributed by atoms with E-state index in [2.05, 4.69) is 5.10 Å². The lowest BCUT2D eigenvalue weighted by Crippen LogP contribution is -2.22. The lowest BCUT2D eigenvalue weighted by atomic mass is 10.1. The summed E-state index contributed by atoms with van der Waals surface area (Å²) in [7, 11) is 0. The van der Waals surface area contributed by atoms with Crippen LogP contribution in [0.4, 0.5) is 8.78 Å². The molecule has 0 unspecified atom stereocenters. The number of hydrogen-bond donors (Lipinski definition) is 0. The maximum atomic E-state index is 13.2. The Balaban J connectivity index is 1.96. The Labute approximate surface area is 125 Å². The molecule has 110 valence electrons. The van der Waals surface area contributed by atoms with Gasteiger partial charge in [-0.15, -0.1) is 0 Å². The molecule has 0 aliphatic heterocycles. The molecule has 0 bridgehead atoms. The van der Waals surface area contributed by atoms with Gasteiger partial charge in [0.1, 0.15) is 0 Å². The van der Waals surface area contributed by atoms with Gasteiger partial charge in [-0.3, -0.25) is 4.79 Å². The third-order valence-corrected chi connectivity index (χ3v) is 3.25. The SMILES string of the molecule is O=c1ccc(-c2ccccc2)nn1Cc1ccc(F)c(F)c1. The molecule has 0 amide bonds. The quantitative estimate of drug-likeness (QED) is 0.744. The van der Waals surface area contributed by atoms with Crippen molar-refractivity contribution < 1.29 is 8.78 Å². The van der Waals surface area contributed by atoms with Crippen molar-refractivity contribution in [1.29, 1.82) is 0 Å². The van der Waals surface area contributed by atoms with Gasteiger partial charge in [0.15, 0.2) is 11.6 Å². The number of nitrogens with zero attached hydrogens (tertiary/aromatic N) is 2. The van der Waals surface area contributed by atoms with E-state index in [9.17, 15) is 13.6 Å². The fourth-order valence-corrected chi connectivity index (χ4v) is 2.14. The Morgan fingerprint density at radius 3 is 2.41 bits per heavy atom. The zero-order valence-corrected chi connectivity index (χ0v) is 11.5. The zero-order chi connectivity index (χ0) is 15.5. The maximum absolute atomic E-state index is 13.2. The molecular formula is C17H12F2N2O. The molecule has 0 saturated heterocycles. The second-order valence-electron chi connectivity index (χ2n) is 4.83. The Morgan fingerprint density at radius 1 is 0.909 bits per heavy atom. The molecule has 0 aliphatic rings. The van der Waals surface area contributed by atoms with Gasteiger partial charge in [-0.1, -0.05) is 36.4 Å². The van der Waals surface area contributed by atoms with Crippen LogP contribution in [0.1, 0.15) is 5.56 Å². The van der Waals surface area contributed by atoms with Crippen LogP contribution in [0, 0.1) is 11.6 Å². The van der Waals surface area contributed by atoms with E-state index in [1.807, 2.05) is 30.3 Å². The summed E-state index contributed by atoms with van der Waals surface area (Å²) in [6.07, 6.45) is 0. The molecule has 0 aliphatic carbocycles. The van der Waals surface area contributed by atoms with Crippen molar-refractivity contribution in [2.24, 2.45) is 0 Å². The lowest BCUT2D eigenvalue weighted by Gasteiger charge is -2.07. The Kier molecular flexibility index (Phi) is 3.78. The summed E-state index contributed by atoms with van der Waals surface area (Å²) >= 11 is 0. The summed E-state index contributed by atoms with van der Waals surface area (Å²) in [5, 5.41) is 4.28. The molecule has 0 atom stereocenters. The average molecular weight is 298 g/mol. The summed E-state index contributed by atoms with van der Waals surface area (Å²) < 4.78 is 27.4. The van der Waals surface area contributed by atoms with Gasteiger partial charge in [0.25, 0.3) is 5.56 Å². The standard InChI is InChI=1S/C17H12F2N2O/c18-14-7-6-12(10-15(14)19)11-21-17(22)9-8-16(20-21)13-4-2-1-3-5-13/h1-10H,11H2. The highest BCUT2D eigenvalue weighted by molar-refractivity contribution is 5.57. The van der Waals surface area contributed by atoms with E-state index in [1.54, 1.807) is 6.07 Å². The number of benzene rings is 2. The van der Waals surface area contributed by atoms with Crippen molar-refractivity contribution in [1.82, 2.24) is 9.78 Å². The summed E-state index contributed by atoms with van der Waals surface area (Å²) in [6.45, 7) is 0.0801. The van der Waals surface area contributed by atoms with Gasteiger partial charge in [-0.2, -0.15) is 5.10 Å². The second-order valence-corrected chi connectivity index (χ2v) is 4.83. The molecular weight excluding hydrogens is 286 g/mol. The lowest BCUT2D eigenvalue weighted by molar-refractivity contribution is 0.505. The van der Waals surface area contributed by atoms with Crippen LogP contribution < -0.4 is 5.56 Å². The average Bonchev–Trinajstić information content (AvgIpc) is 2.54. The normalized spacial score (nSPS) is 10.6. The Morgan fingerprint density at radius 2 is 1.68 bits per heavy atom. The molecule has 3 rings (SSSR count). The van der Waals surface area contributed by atoms with Crippen molar-refractivity contribution >= 4 is 0 Å². The third kappa shape index (κ3) is 2.93. The predicted molar refractivity (Wildman–Crippen MR) is 79.4 cm³/mol. The van der Waals surface area contributed by atoms with Crippen LogP contribution in [0.3, 0.4) is 0 Å². The van der Waals surface area contributed by atoms with Crippen molar-refractivity contribution in [2.75, 3.05) is 0 Å². The summed E-state index contributed by atoms with van der Waals surface area (Å²) in [6, 6.07) is 16.0. The van der Waals surface area contributed by atoms with E-state index in [-0.39, 0.29) is 12.1 Å². The fraction of sp³-hybridized carbons (Fsp3) is 0.0588. The molecule has 5 heteroatoms. The molecule has 0 spiro atoms. The molecule has 3 nitrogen and oxygen atoms in total. The van der Waals surface area contributed by atoms with Crippen molar-refractivity contribution in [2.45, 2.75) is 6.54 Å². The molecule has 1 heterocycles. The Bertz CT molecular complexity index is 860. The summed E-state index contributed by atoms with van der Waals surface area (Å²) in [5.74, 6) is -1.85. The first-order valence-electron chi connectivity index (χ1n) is 6.71. The van der Waals surface area contributed by atoms with E-state index >= 15 is 0 Å². The van der Waals surface area contributed by atoms with Crippen LogP contribution in [0.5, 0.6) is 0 Å². The molecule has 22 heavy (non-hydrogen) atoms. The molecule has 3 aromatic rings. The summed E-state index contributed by atoms with van der Waals surface area (Å²) in [5.41, 5.74) is 1.69. The topological polar surface area (TPSA) is 34.9 Å². The smallest absolute Gasteiger partial charge is 0.267 e. The predicted octanol–water partition coefficient (Wildman–Crippen LogP) is 3.24.